The number of rotatable bonds is 5. The van der Waals surface area contributed by atoms with Crippen LogP contribution in [0.15, 0.2) is 24.5 Å². The second kappa shape index (κ2) is 8.52. The van der Waals surface area contributed by atoms with Crippen LogP contribution in [0.1, 0.15) is 26.2 Å². The van der Waals surface area contributed by atoms with Crippen molar-refractivity contribution in [2.24, 2.45) is 5.92 Å². The van der Waals surface area contributed by atoms with Crippen molar-refractivity contribution in [1.82, 2.24) is 19.3 Å². The Labute approximate surface area is 150 Å². The molecule has 0 bridgehead atoms. The summed E-state index contributed by atoms with van der Waals surface area (Å²) in [6, 6.07) is 4.10. The summed E-state index contributed by atoms with van der Waals surface area (Å²) in [5, 5.41) is 0. The van der Waals surface area contributed by atoms with Gasteiger partial charge in [-0.1, -0.05) is 6.92 Å². The van der Waals surface area contributed by atoms with E-state index in [1.54, 1.807) is 0 Å². The van der Waals surface area contributed by atoms with Gasteiger partial charge >= 0.3 is 0 Å². The molecule has 3 heterocycles. The molecule has 1 aromatic heterocycles. The molecule has 25 heavy (non-hydrogen) atoms. The molecule has 138 valence electrons. The standard InChI is InChI=1S/C19H30N4O2/c1-2-18(24)23-9-5-6-17(16-23)19(25)22-14-12-21(13-15-22)11-10-20-7-3-4-8-20/h3-4,7-8,17H,2,5-6,9-16H2,1H3. The quantitative estimate of drug-likeness (QED) is 0.807. The summed E-state index contributed by atoms with van der Waals surface area (Å²) in [6.45, 7) is 8.83. The number of nitrogens with zero attached hydrogens (tertiary/aromatic N) is 4. The van der Waals surface area contributed by atoms with Crippen LogP contribution in [0.4, 0.5) is 0 Å². The van der Waals surface area contributed by atoms with Crippen LogP contribution in [-0.2, 0) is 16.1 Å². The zero-order valence-corrected chi connectivity index (χ0v) is 15.3. The van der Waals surface area contributed by atoms with Gasteiger partial charge in [0, 0.05) is 71.2 Å². The molecule has 3 rings (SSSR count). The van der Waals surface area contributed by atoms with Gasteiger partial charge in [-0.25, -0.2) is 0 Å². The van der Waals surface area contributed by atoms with Crippen LogP contribution >= 0.6 is 0 Å². The first-order valence-corrected chi connectivity index (χ1v) is 9.57. The molecule has 0 aromatic carbocycles. The highest BCUT2D eigenvalue weighted by Gasteiger charge is 2.32. The van der Waals surface area contributed by atoms with Crippen LogP contribution in [0.5, 0.6) is 0 Å². The van der Waals surface area contributed by atoms with E-state index < -0.39 is 0 Å². The second-order valence-electron chi connectivity index (χ2n) is 7.12. The third kappa shape index (κ3) is 4.63. The van der Waals surface area contributed by atoms with Gasteiger partial charge in [-0.3, -0.25) is 14.5 Å². The zero-order valence-electron chi connectivity index (χ0n) is 15.3. The predicted molar refractivity (Wildman–Crippen MR) is 97.0 cm³/mol. The molecule has 6 nitrogen and oxygen atoms in total. The Morgan fingerprint density at radius 3 is 2.36 bits per heavy atom. The number of aromatic nitrogens is 1. The largest absolute Gasteiger partial charge is 0.353 e. The van der Waals surface area contributed by atoms with Gasteiger partial charge in [0.15, 0.2) is 0 Å². The molecule has 2 aliphatic rings. The molecule has 2 amide bonds. The molecule has 6 heteroatoms. The van der Waals surface area contributed by atoms with E-state index in [1.807, 2.05) is 28.9 Å². The minimum Gasteiger partial charge on any atom is -0.353 e. The number of piperidine rings is 1. The van der Waals surface area contributed by atoms with E-state index in [-0.39, 0.29) is 17.7 Å². The Hall–Kier alpha value is -1.82. The lowest BCUT2D eigenvalue weighted by atomic mass is 9.96. The highest BCUT2D eigenvalue weighted by atomic mass is 16.2. The maximum absolute atomic E-state index is 12.8. The number of piperazine rings is 1. The summed E-state index contributed by atoms with van der Waals surface area (Å²) in [5.74, 6) is 0.418. The van der Waals surface area contributed by atoms with Crippen molar-refractivity contribution in [2.45, 2.75) is 32.7 Å². The Bertz CT molecular complexity index is 564. The molecule has 1 aromatic rings. The van der Waals surface area contributed by atoms with E-state index in [4.69, 9.17) is 0 Å². The maximum Gasteiger partial charge on any atom is 0.227 e. The van der Waals surface area contributed by atoms with Gasteiger partial charge in [-0.15, -0.1) is 0 Å². The van der Waals surface area contributed by atoms with E-state index in [1.165, 1.54) is 0 Å². The molecule has 0 radical (unpaired) electrons. The average Bonchev–Trinajstić information content (AvgIpc) is 3.19. The lowest BCUT2D eigenvalue weighted by molar-refractivity contribution is -0.142. The normalized spacial score (nSPS) is 22.2. The van der Waals surface area contributed by atoms with Crippen molar-refractivity contribution in [1.29, 1.82) is 0 Å². The highest BCUT2D eigenvalue weighted by molar-refractivity contribution is 5.81. The van der Waals surface area contributed by atoms with Crippen LogP contribution in [0.25, 0.3) is 0 Å². The highest BCUT2D eigenvalue weighted by Crippen LogP contribution is 2.20. The first-order valence-electron chi connectivity index (χ1n) is 9.57. The zero-order chi connectivity index (χ0) is 17.6. The number of carbonyl (C=O) groups excluding carboxylic acids is 2. The van der Waals surface area contributed by atoms with E-state index in [9.17, 15) is 9.59 Å². The van der Waals surface area contributed by atoms with Gasteiger partial charge in [0.2, 0.25) is 11.8 Å². The Morgan fingerprint density at radius 1 is 0.960 bits per heavy atom. The molecular formula is C19H30N4O2. The maximum atomic E-state index is 12.8. The van der Waals surface area contributed by atoms with Crippen LogP contribution < -0.4 is 0 Å². The number of hydrogen-bond acceptors (Lipinski definition) is 3. The number of carbonyl (C=O) groups is 2. The number of amides is 2. The SMILES string of the molecule is CCC(=O)N1CCCC(C(=O)N2CCN(CCn3cccc3)CC2)C1. The molecular weight excluding hydrogens is 316 g/mol. The van der Waals surface area contributed by atoms with Crippen LogP contribution in [0.3, 0.4) is 0 Å². The second-order valence-corrected chi connectivity index (χ2v) is 7.12. The molecule has 0 spiro atoms. The number of hydrogen-bond donors (Lipinski definition) is 0. The molecule has 2 saturated heterocycles. The average molecular weight is 346 g/mol. The van der Waals surface area contributed by atoms with Crippen LogP contribution in [-0.4, -0.2) is 76.9 Å². The minimum absolute atomic E-state index is 0.00401. The van der Waals surface area contributed by atoms with Gasteiger partial charge < -0.3 is 14.4 Å². The van der Waals surface area contributed by atoms with E-state index in [0.717, 1.165) is 58.7 Å². The molecule has 0 aliphatic carbocycles. The predicted octanol–water partition coefficient (Wildman–Crippen LogP) is 1.28. The minimum atomic E-state index is -0.00401. The van der Waals surface area contributed by atoms with E-state index in [2.05, 4.69) is 21.9 Å². The van der Waals surface area contributed by atoms with Gasteiger partial charge in [-0.2, -0.15) is 0 Å². The Balaban J connectivity index is 1.44. The van der Waals surface area contributed by atoms with Crippen molar-refractivity contribution in [3.05, 3.63) is 24.5 Å². The molecule has 2 fully saturated rings. The first-order chi connectivity index (χ1) is 12.2. The van der Waals surface area contributed by atoms with E-state index >= 15 is 0 Å². The smallest absolute Gasteiger partial charge is 0.227 e. The monoisotopic (exact) mass is 346 g/mol. The molecule has 2 aliphatic heterocycles. The summed E-state index contributed by atoms with van der Waals surface area (Å²) in [7, 11) is 0. The Kier molecular flexibility index (Phi) is 6.13. The van der Waals surface area contributed by atoms with E-state index in [0.29, 0.717) is 13.0 Å². The molecule has 0 saturated carbocycles. The lowest BCUT2D eigenvalue weighted by Gasteiger charge is -2.39. The number of likely N-dealkylation sites (tertiary alicyclic amines) is 1. The first kappa shape index (κ1) is 18.0. The van der Waals surface area contributed by atoms with Crippen LogP contribution in [0.2, 0.25) is 0 Å². The van der Waals surface area contributed by atoms with Crippen molar-refractivity contribution in [3.63, 3.8) is 0 Å². The third-order valence-electron chi connectivity index (χ3n) is 5.45. The fraction of sp³-hybridized carbons (Fsp3) is 0.684. The summed E-state index contributed by atoms with van der Waals surface area (Å²) >= 11 is 0. The molecule has 1 atom stereocenters. The van der Waals surface area contributed by atoms with Gasteiger partial charge in [0.1, 0.15) is 0 Å². The topological polar surface area (TPSA) is 48.8 Å². The molecule has 0 N–H and O–H groups in total. The van der Waals surface area contributed by atoms with Crippen molar-refractivity contribution < 1.29 is 9.59 Å². The van der Waals surface area contributed by atoms with Crippen molar-refractivity contribution >= 4 is 11.8 Å². The summed E-state index contributed by atoms with van der Waals surface area (Å²) in [6.07, 6.45) is 6.57. The van der Waals surface area contributed by atoms with Gasteiger partial charge in [0.25, 0.3) is 0 Å². The third-order valence-corrected chi connectivity index (χ3v) is 5.45. The fourth-order valence-electron chi connectivity index (χ4n) is 3.86. The van der Waals surface area contributed by atoms with Crippen LogP contribution in [0, 0.1) is 5.92 Å². The van der Waals surface area contributed by atoms with Crippen molar-refractivity contribution in [2.75, 3.05) is 45.8 Å². The summed E-state index contributed by atoms with van der Waals surface area (Å²) in [4.78, 5) is 31.1. The van der Waals surface area contributed by atoms with Crippen molar-refractivity contribution in [3.8, 4) is 0 Å². The molecule has 1 unspecified atom stereocenters. The lowest BCUT2D eigenvalue weighted by Crippen LogP contribution is -2.53. The summed E-state index contributed by atoms with van der Waals surface area (Å²) in [5.41, 5.74) is 0. The fourth-order valence-corrected chi connectivity index (χ4v) is 3.86. The summed E-state index contributed by atoms with van der Waals surface area (Å²) < 4.78 is 2.19. The Morgan fingerprint density at radius 2 is 1.68 bits per heavy atom. The van der Waals surface area contributed by atoms with Gasteiger partial charge in [0.05, 0.1) is 5.92 Å². The van der Waals surface area contributed by atoms with Gasteiger partial charge in [-0.05, 0) is 25.0 Å².